The van der Waals surface area contributed by atoms with Crippen LogP contribution in [0.5, 0.6) is 0 Å². The number of nitrogens with zero attached hydrogens (tertiary/aromatic N) is 1. The van der Waals surface area contributed by atoms with E-state index in [1.807, 2.05) is 13.8 Å². The predicted octanol–water partition coefficient (Wildman–Crippen LogP) is 3.23. The van der Waals surface area contributed by atoms with Gasteiger partial charge in [0.1, 0.15) is 6.04 Å². The van der Waals surface area contributed by atoms with E-state index in [4.69, 9.17) is 11.6 Å². The fourth-order valence-corrected chi connectivity index (χ4v) is 2.69. The summed E-state index contributed by atoms with van der Waals surface area (Å²) in [6, 6.07) is 11.8. The number of hydrogen-bond acceptors (Lipinski definition) is 5. The quantitative estimate of drug-likeness (QED) is 0.328. The van der Waals surface area contributed by atoms with Gasteiger partial charge in [-0.05, 0) is 42.3 Å². The van der Waals surface area contributed by atoms with Crippen LogP contribution in [0.2, 0.25) is 5.02 Å². The summed E-state index contributed by atoms with van der Waals surface area (Å²) in [7, 11) is 0. The number of rotatable bonds is 9. The van der Waals surface area contributed by atoms with Gasteiger partial charge < -0.3 is 16.0 Å². The Morgan fingerprint density at radius 3 is 2.21 bits per heavy atom. The third kappa shape index (κ3) is 6.76. The molecule has 0 fully saturated rings. The molecule has 0 spiro atoms. The Hall–Kier alpha value is -3.13. The summed E-state index contributed by atoms with van der Waals surface area (Å²) in [5.41, 5.74) is 1.15. The third-order valence-electron chi connectivity index (χ3n) is 4.17. The molecule has 2 rings (SSSR count). The third-order valence-corrected chi connectivity index (χ3v) is 4.43. The van der Waals surface area contributed by atoms with Crippen molar-refractivity contribution in [3.8, 4) is 0 Å². The molecule has 0 aliphatic rings. The van der Waals surface area contributed by atoms with Crippen LogP contribution in [0.4, 0.5) is 11.4 Å². The molecule has 154 valence electrons. The first-order valence-electron chi connectivity index (χ1n) is 9.10. The number of nitro groups is 1. The largest absolute Gasteiger partial charge is 0.383 e. The predicted molar refractivity (Wildman–Crippen MR) is 112 cm³/mol. The first-order valence-corrected chi connectivity index (χ1v) is 9.48. The molecule has 3 N–H and O–H groups in total. The number of nitrogens with one attached hydrogen (secondary N) is 3. The van der Waals surface area contributed by atoms with Crippen LogP contribution >= 0.6 is 11.6 Å². The maximum absolute atomic E-state index is 12.5. The second kappa shape index (κ2) is 10.4. The first-order chi connectivity index (χ1) is 13.8. The van der Waals surface area contributed by atoms with Crippen LogP contribution in [-0.2, 0) is 4.79 Å². The van der Waals surface area contributed by atoms with E-state index in [0.29, 0.717) is 29.4 Å². The van der Waals surface area contributed by atoms with Crippen LogP contribution in [0.3, 0.4) is 0 Å². The maximum atomic E-state index is 12.5. The molecule has 2 amide bonds. The average Bonchev–Trinajstić information content (AvgIpc) is 2.69. The minimum Gasteiger partial charge on any atom is -0.383 e. The lowest BCUT2D eigenvalue weighted by Gasteiger charge is -2.22. The second-order valence-corrected chi connectivity index (χ2v) is 7.16. The number of benzene rings is 2. The molecule has 0 saturated heterocycles. The number of carbonyl (C=O) groups is 2. The van der Waals surface area contributed by atoms with Crippen molar-refractivity contribution >= 4 is 34.8 Å². The van der Waals surface area contributed by atoms with Gasteiger partial charge in [-0.2, -0.15) is 0 Å². The first kappa shape index (κ1) is 22.2. The molecule has 1 unspecified atom stereocenters. The Morgan fingerprint density at radius 1 is 1.03 bits per heavy atom. The Kier molecular flexibility index (Phi) is 7.97. The highest BCUT2D eigenvalue weighted by molar-refractivity contribution is 6.30. The number of hydrogen-bond donors (Lipinski definition) is 3. The van der Waals surface area contributed by atoms with Crippen molar-refractivity contribution in [2.45, 2.75) is 19.9 Å². The molecule has 2 aromatic rings. The van der Waals surface area contributed by atoms with Crippen molar-refractivity contribution in [1.82, 2.24) is 10.6 Å². The summed E-state index contributed by atoms with van der Waals surface area (Å²) in [6.45, 7) is 4.46. The van der Waals surface area contributed by atoms with E-state index in [0.717, 1.165) is 0 Å². The van der Waals surface area contributed by atoms with Gasteiger partial charge in [-0.3, -0.25) is 19.7 Å². The molecular weight excluding hydrogens is 396 g/mol. The van der Waals surface area contributed by atoms with E-state index in [9.17, 15) is 19.7 Å². The molecular formula is C20H23ClN4O4. The van der Waals surface area contributed by atoms with Crippen LogP contribution in [0.1, 0.15) is 24.2 Å². The highest BCUT2D eigenvalue weighted by atomic mass is 35.5. The Balaban J connectivity index is 1.83. The highest BCUT2D eigenvalue weighted by Gasteiger charge is 2.24. The molecule has 0 saturated carbocycles. The molecule has 8 nitrogen and oxygen atoms in total. The second-order valence-electron chi connectivity index (χ2n) is 6.72. The highest BCUT2D eigenvalue weighted by Crippen LogP contribution is 2.15. The smallest absolute Gasteiger partial charge is 0.269 e. The van der Waals surface area contributed by atoms with Crippen LogP contribution in [0, 0.1) is 16.0 Å². The van der Waals surface area contributed by atoms with Crippen LogP contribution in [0.25, 0.3) is 0 Å². The molecule has 1 atom stereocenters. The molecule has 0 bridgehead atoms. The van der Waals surface area contributed by atoms with Crippen LogP contribution in [0.15, 0.2) is 48.5 Å². The summed E-state index contributed by atoms with van der Waals surface area (Å²) in [5.74, 6) is -0.735. The summed E-state index contributed by atoms with van der Waals surface area (Å²) < 4.78 is 0. The minimum atomic E-state index is -0.683. The van der Waals surface area contributed by atoms with E-state index in [2.05, 4.69) is 16.0 Å². The number of anilines is 1. The normalized spacial score (nSPS) is 11.6. The topological polar surface area (TPSA) is 113 Å². The van der Waals surface area contributed by atoms with E-state index >= 15 is 0 Å². The Bertz CT molecular complexity index is 854. The van der Waals surface area contributed by atoms with Gasteiger partial charge in [0.05, 0.1) is 4.92 Å². The zero-order valence-corrected chi connectivity index (χ0v) is 16.9. The fourth-order valence-electron chi connectivity index (χ4n) is 2.56. The van der Waals surface area contributed by atoms with E-state index < -0.39 is 11.0 Å². The standard InChI is InChI=1S/C20H23ClN4O4/c1-13(2)18(24-19(26)14-3-5-15(21)6-4-14)20(27)23-12-11-22-16-7-9-17(10-8-16)25(28)29/h3-10,13,18,22H,11-12H2,1-2H3,(H,23,27)(H,24,26). The van der Waals surface area contributed by atoms with Crippen LogP contribution in [-0.4, -0.2) is 35.9 Å². The van der Waals surface area contributed by atoms with Gasteiger partial charge in [-0.15, -0.1) is 0 Å². The molecule has 0 aromatic heterocycles. The lowest BCUT2D eigenvalue weighted by molar-refractivity contribution is -0.384. The van der Waals surface area contributed by atoms with Crippen molar-refractivity contribution in [3.63, 3.8) is 0 Å². The average molecular weight is 419 g/mol. The van der Waals surface area contributed by atoms with Crippen molar-refractivity contribution in [2.24, 2.45) is 5.92 Å². The van der Waals surface area contributed by atoms with Gasteiger partial charge in [0, 0.05) is 41.5 Å². The number of amides is 2. The zero-order valence-electron chi connectivity index (χ0n) is 16.1. The number of halogens is 1. The van der Waals surface area contributed by atoms with Crippen molar-refractivity contribution in [2.75, 3.05) is 18.4 Å². The van der Waals surface area contributed by atoms with Gasteiger partial charge >= 0.3 is 0 Å². The molecule has 0 aliphatic carbocycles. The zero-order chi connectivity index (χ0) is 21.4. The Morgan fingerprint density at radius 2 is 1.66 bits per heavy atom. The molecule has 29 heavy (non-hydrogen) atoms. The Labute approximate surface area is 173 Å². The summed E-state index contributed by atoms with van der Waals surface area (Å²) in [6.07, 6.45) is 0. The van der Waals surface area contributed by atoms with Crippen LogP contribution < -0.4 is 16.0 Å². The van der Waals surface area contributed by atoms with E-state index in [-0.39, 0.29) is 23.4 Å². The number of nitro benzene ring substituents is 1. The van der Waals surface area contributed by atoms with Gasteiger partial charge in [-0.25, -0.2) is 0 Å². The van der Waals surface area contributed by atoms with E-state index in [1.54, 1.807) is 36.4 Å². The molecule has 2 aromatic carbocycles. The molecule has 0 heterocycles. The van der Waals surface area contributed by atoms with Gasteiger partial charge in [0.15, 0.2) is 0 Å². The van der Waals surface area contributed by atoms with Crippen molar-refractivity contribution < 1.29 is 14.5 Å². The lowest BCUT2D eigenvalue weighted by atomic mass is 10.0. The number of carbonyl (C=O) groups excluding carboxylic acids is 2. The molecule has 9 heteroatoms. The SMILES string of the molecule is CC(C)C(NC(=O)c1ccc(Cl)cc1)C(=O)NCCNc1ccc([N+](=O)[O-])cc1. The monoisotopic (exact) mass is 418 g/mol. The summed E-state index contributed by atoms with van der Waals surface area (Å²) >= 11 is 5.83. The molecule has 0 radical (unpaired) electrons. The van der Waals surface area contributed by atoms with Crippen molar-refractivity contribution in [1.29, 1.82) is 0 Å². The van der Waals surface area contributed by atoms with E-state index in [1.165, 1.54) is 12.1 Å². The lowest BCUT2D eigenvalue weighted by Crippen LogP contribution is -2.50. The number of non-ortho nitro benzene ring substituents is 1. The molecule has 0 aliphatic heterocycles. The minimum absolute atomic E-state index is 0.0139. The van der Waals surface area contributed by atoms with Gasteiger partial charge in [-0.1, -0.05) is 25.4 Å². The maximum Gasteiger partial charge on any atom is 0.269 e. The van der Waals surface area contributed by atoms with Crippen molar-refractivity contribution in [3.05, 3.63) is 69.2 Å². The van der Waals surface area contributed by atoms with Gasteiger partial charge in [0.2, 0.25) is 5.91 Å². The van der Waals surface area contributed by atoms with Gasteiger partial charge in [0.25, 0.3) is 11.6 Å². The summed E-state index contributed by atoms with van der Waals surface area (Å²) in [4.78, 5) is 35.0. The fraction of sp³-hybridized carbons (Fsp3) is 0.300. The summed E-state index contributed by atoms with van der Waals surface area (Å²) in [5, 5.41) is 19.8.